The van der Waals surface area contributed by atoms with Crippen molar-refractivity contribution in [2.75, 3.05) is 26.2 Å². The molecule has 0 N–H and O–H groups in total. The first-order valence-corrected chi connectivity index (χ1v) is 7.91. The molecule has 1 saturated heterocycles. The van der Waals surface area contributed by atoms with E-state index >= 15 is 0 Å². The second-order valence-corrected chi connectivity index (χ2v) is 6.51. The van der Waals surface area contributed by atoms with Crippen molar-refractivity contribution >= 4 is 5.97 Å². The highest BCUT2D eigenvalue weighted by Gasteiger charge is 2.25. The molecule has 1 aliphatic rings. The molecule has 1 fully saturated rings. The number of carbonyl (C=O) groups is 1. The van der Waals surface area contributed by atoms with E-state index in [1.54, 1.807) is 0 Å². The molecule has 0 saturated carbocycles. The van der Waals surface area contributed by atoms with Crippen molar-refractivity contribution in [1.82, 2.24) is 4.90 Å². The molecule has 0 aromatic rings. The van der Waals surface area contributed by atoms with Gasteiger partial charge in [0.15, 0.2) is 0 Å². The lowest BCUT2D eigenvalue weighted by Gasteiger charge is -2.38. The Morgan fingerprint density at radius 3 is 2.63 bits per heavy atom. The molecule has 112 valence electrons. The van der Waals surface area contributed by atoms with Gasteiger partial charge in [-0.15, -0.1) is 0 Å². The van der Waals surface area contributed by atoms with Crippen LogP contribution < -0.4 is 0 Å². The minimum Gasteiger partial charge on any atom is -0.466 e. The van der Waals surface area contributed by atoms with Gasteiger partial charge in [0.2, 0.25) is 0 Å². The SMILES string of the molecule is CCOC(=O)CCCCCCN1CCCC(C)(C)C1. The number of unbranched alkanes of at least 4 members (excludes halogenated alkanes) is 3. The molecule has 0 bridgehead atoms. The van der Waals surface area contributed by atoms with Crippen LogP contribution in [0.25, 0.3) is 0 Å². The minimum atomic E-state index is -0.0414. The maximum Gasteiger partial charge on any atom is 0.305 e. The molecule has 1 aliphatic heterocycles. The van der Waals surface area contributed by atoms with Crippen molar-refractivity contribution in [2.45, 2.75) is 65.7 Å². The third-order valence-electron chi connectivity index (χ3n) is 3.89. The van der Waals surface area contributed by atoms with E-state index < -0.39 is 0 Å². The van der Waals surface area contributed by atoms with Crippen molar-refractivity contribution in [2.24, 2.45) is 5.41 Å². The Morgan fingerprint density at radius 2 is 1.95 bits per heavy atom. The van der Waals surface area contributed by atoms with E-state index in [0.717, 1.165) is 12.8 Å². The van der Waals surface area contributed by atoms with Gasteiger partial charge in [0.05, 0.1) is 6.61 Å². The fourth-order valence-electron chi connectivity index (χ4n) is 2.93. The first-order chi connectivity index (χ1) is 9.03. The first kappa shape index (κ1) is 16.5. The first-order valence-electron chi connectivity index (χ1n) is 7.91. The van der Waals surface area contributed by atoms with E-state index in [-0.39, 0.29) is 5.97 Å². The Bertz CT molecular complexity index is 263. The summed E-state index contributed by atoms with van der Waals surface area (Å²) in [4.78, 5) is 13.8. The summed E-state index contributed by atoms with van der Waals surface area (Å²) in [6.45, 7) is 10.9. The van der Waals surface area contributed by atoms with Crippen molar-refractivity contribution < 1.29 is 9.53 Å². The third kappa shape index (κ3) is 7.56. The van der Waals surface area contributed by atoms with Gasteiger partial charge in [0, 0.05) is 13.0 Å². The number of likely N-dealkylation sites (tertiary alicyclic amines) is 1. The second-order valence-electron chi connectivity index (χ2n) is 6.51. The van der Waals surface area contributed by atoms with Gasteiger partial charge in [-0.3, -0.25) is 4.79 Å². The summed E-state index contributed by atoms with van der Waals surface area (Å²) in [5, 5.41) is 0. The highest BCUT2D eigenvalue weighted by molar-refractivity contribution is 5.69. The molecule has 0 spiro atoms. The number of nitrogens with zero attached hydrogens (tertiary/aromatic N) is 1. The van der Waals surface area contributed by atoms with Crippen LogP contribution in [0.4, 0.5) is 0 Å². The van der Waals surface area contributed by atoms with E-state index in [1.165, 1.54) is 45.3 Å². The number of piperidine rings is 1. The third-order valence-corrected chi connectivity index (χ3v) is 3.89. The lowest BCUT2D eigenvalue weighted by Crippen LogP contribution is -2.40. The van der Waals surface area contributed by atoms with E-state index in [0.29, 0.717) is 18.4 Å². The van der Waals surface area contributed by atoms with Crippen molar-refractivity contribution in [1.29, 1.82) is 0 Å². The minimum absolute atomic E-state index is 0.0414. The van der Waals surface area contributed by atoms with Gasteiger partial charge in [-0.05, 0) is 51.1 Å². The van der Waals surface area contributed by atoms with E-state index in [4.69, 9.17) is 4.74 Å². The predicted octanol–water partition coefficient (Wildman–Crippen LogP) is 3.62. The Hall–Kier alpha value is -0.570. The molecule has 1 heterocycles. The average Bonchev–Trinajstić information content (AvgIpc) is 2.33. The maximum absolute atomic E-state index is 11.2. The normalized spacial score (nSPS) is 19.3. The highest BCUT2D eigenvalue weighted by Crippen LogP contribution is 2.28. The van der Waals surface area contributed by atoms with Gasteiger partial charge >= 0.3 is 5.97 Å². The molecule has 19 heavy (non-hydrogen) atoms. The molecule has 3 heteroatoms. The smallest absolute Gasteiger partial charge is 0.305 e. The van der Waals surface area contributed by atoms with Crippen LogP contribution in [0.2, 0.25) is 0 Å². The zero-order chi connectivity index (χ0) is 14.1. The number of hydrogen-bond acceptors (Lipinski definition) is 3. The lowest BCUT2D eigenvalue weighted by molar-refractivity contribution is -0.143. The molecule has 1 rings (SSSR count). The Labute approximate surface area is 118 Å². The Kier molecular flexibility index (Phi) is 7.44. The lowest BCUT2D eigenvalue weighted by atomic mass is 9.84. The van der Waals surface area contributed by atoms with Gasteiger partial charge in [-0.1, -0.05) is 26.7 Å². The summed E-state index contributed by atoms with van der Waals surface area (Å²) in [6.07, 6.45) is 7.92. The number of hydrogen-bond donors (Lipinski definition) is 0. The molecule has 0 aliphatic carbocycles. The molecular formula is C16H31NO2. The van der Waals surface area contributed by atoms with Crippen LogP contribution in [0.3, 0.4) is 0 Å². The monoisotopic (exact) mass is 269 g/mol. The topological polar surface area (TPSA) is 29.5 Å². The number of rotatable bonds is 8. The van der Waals surface area contributed by atoms with E-state index in [1.807, 2.05) is 6.92 Å². The molecule has 0 atom stereocenters. The summed E-state index contributed by atoms with van der Waals surface area (Å²) in [5.41, 5.74) is 0.502. The van der Waals surface area contributed by atoms with Crippen molar-refractivity contribution in [3.8, 4) is 0 Å². The molecule has 0 radical (unpaired) electrons. The van der Waals surface area contributed by atoms with Crippen LogP contribution in [0.5, 0.6) is 0 Å². The van der Waals surface area contributed by atoms with E-state index in [2.05, 4.69) is 18.7 Å². The summed E-state index contributed by atoms with van der Waals surface area (Å²) in [5.74, 6) is -0.0414. The van der Waals surface area contributed by atoms with Gasteiger partial charge in [0.1, 0.15) is 0 Å². The van der Waals surface area contributed by atoms with Crippen molar-refractivity contribution in [3.63, 3.8) is 0 Å². The Morgan fingerprint density at radius 1 is 1.21 bits per heavy atom. The second kappa shape index (κ2) is 8.57. The average molecular weight is 269 g/mol. The molecule has 0 unspecified atom stereocenters. The van der Waals surface area contributed by atoms with Gasteiger partial charge in [0.25, 0.3) is 0 Å². The van der Waals surface area contributed by atoms with Crippen LogP contribution in [0.15, 0.2) is 0 Å². The zero-order valence-corrected chi connectivity index (χ0v) is 13.0. The molecule has 3 nitrogen and oxygen atoms in total. The van der Waals surface area contributed by atoms with Gasteiger partial charge in [-0.25, -0.2) is 0 Å². The molecule has 0 amide bonds. The molecular weight excluding hydrogens is 238 g/mol. The van der Waals surface area contributed by atoms with Crippen LogP contribution in [-0.4, -0.2) is 37.1 Å². The van der Waals surface area contributed by atoms with Crippen LogP contribution in [0, 0.1) is 5.41 Å². The fraction of sp³-hybridized carbons (Fsp3) is 0.938. The molecule has 0 aromatic heterocycles. The predicted molar refractivity (Wildman–Crippen MR) is 79.2 cm³/mol. The summed E-state index contributed by atoms with van der Waals surface area (Å²) >= 11 is 0. The maximum atomic E-state index is 11.2. The van der Waals surface area contributed by atoms with Gasteiger partial charge < -0.3 is 9.64 Å². The number of ether oxygens (including phenoxy) is 1. The summed E-state index contributed by atoms with van der Waals surface area (Å²) < 4.78 is 4.92. The van der Waals surface area contributed by atoms with Crippen LogP contribution in [-0.2, 0) is 9.53 Å². The largest absolute Gasteiger partial charge is 0.466 e. The van der Waals surface area contributed by atoms with Gasteiger partial charge in [-0.2, -0.15) is 0 Å². The van der Waals surface area contributed by atoms with Crippen LogP contribution >= 0.6 is 0 Å². The summed E-state index contributed by atoms with van der Waals surface area (Å²) in [7, 11) is 0. The zero-order valence-electron chi connectivity index (χ0n) is 13.0. The Balaban J connectivity index is 1.97. The molecule has 0 aromatic carbocycles. The highest BCUT2D eigenvalue weighted by atomic mass is 16.5. The number of carbonyl (C=O) groups excluding carboxylic acids is 1. The van der Waals surface area contributed by atoms with E-state index in [9.17, 15) is 4.79 Å². The van der Waals surface area contributed by atoms with Crippen molar-refractivity contribution in [3.05, 3.63) is 0 Å². The van der Waals surface area contributed by atoms with Crippen LogP contribution in [0.1, 0.15) is 65.7 Å². The summed E-state index contributed by atoms with van der Waals surface area (Å²) in [6, 6.07) is 0. The standard InChI is InChI=1S/C16H31NO2/c1-4-19-15(18)10-7-5-6-8-12-17-13-9-11-16(2,3)14-17/h4-14H2,1-3H3. The quantitative estimate of drug-likeness (QED) is 0.498. The number of esters is 1. The fourth-order valence-corrected chi connectivity index (χ4v) is 2.93.